The third-order valence-corrected chi connectivity index (χ3v) is 1.20. The van der Waals surface area contributed by atoms with Crippen molar-refractivity contribution < 1.29 is 0 Å². The molecule has 5 N–H and O–H groups in total. The van der Waals surface area contributed by atoms with Crippen molar-refractivity contribution in [2.24, 2.45) is 5.73 Å². The highest BCUT2D eigenvalue weighted by atomic mass is 35.5. The quantitative estimate of drug-likeness (QED) is 0.535. The van der Waals surface area contributed by atoms with Crippen LogP contribution >= 0.6 is 11.6 Å². The Hall–Kier alpha value is -1.09. The van der Waals surface area contributed by atoms with Crippen molar-refractivity contribution in [1.82, 2.24) is 4.98 Å². The third-order valence-electron chi connectivity index (χ3n) is 1.09. The Morgan fingerprint density at radius 1 is 1.70 bits per heavy atom. The van der Waals surface area contributed by atoms with Gasteiger partial charge in [-0.2, -0.15) is 0 Å². The Kier molecular flexibility index (Phi) is 1.87. The van der Waals surface area contributed by atoms with Crippen LogP contribution < -0.4 is 11.5 Å². The lowest BCUT2D eigenvalue weighted by atomic mass is 10.4. The maximum atomic E-state index is 5.50. The Morgan fingerprint density at radius 3 is 2.80 bits per heavy atom. The molecule has 3 nitrogen and oxygen atoms in total. The molecule has 0 radical (unpaired) electrons. The number of aromatic nitrogens is 1. The van der Waals surface area contributed by atoms with Gasteiger partial charge in [-0.1, -0.05) is 11.6 Å². The van der Waals surface area contributed by atoms with Crippen molar-refractivity contribution in [1.29, 1.82) is 0 Å². The zero-order valence-electron chi connectivity index (χ0n) is 5.26. The zero-order valence-corrected chi connectivity index (χ0v) is 6.02. The van der Waals surface area contributed by atoms with Crippen molar-refractivity contribution in [3.8, 4) is 0 Å². The Morgan fingerprint density at radius 2 is 2.40 bits per heavy atom. The highest BCUT2D eigenvalue weighted by Gasteiger charge is 1.94. The molecule has 54 valence electrons. The lowest BCUT2D eigenvalue weighted by Gasteiger charge is -1.89. The van der Waals surface area contributed by atoms with Gasteiger partial charge >= 0.3 is 0 Å². The number of hydrogen-bond acceptors (Lipinski definition) is 2. The highest BCUT2D eigenvalue weighted by molar-refractivity contribution is 6.30. The van der Waals surface area contributed by atoms with Gasteiger partial charge in [0.15, 0.2) is 0 Å². The average molecular weight is 158 g/mol. The Balaban J connectivity index is 2.95. The van der Waals surface area contributed by atoms with Crippen LogP contribution in [-0.4, -0.2) is 4.98 Å². The van der Waals surface area contributed by atoms with E-state index in [4.69, 9.17) is 23.1 Å². The summed E-state index contributed by atoms with van der Waals surface area (Å²) in [7, 11) is 0. The van der Waals surface area contributed by atoms with Gasteiger partial charge in [0.05, 0.1) is 11.4 Å². The molecule has 0 aliphatic heterocycles. The second-order valence-corrected chi connectivity index (χ2v) is 2.31. The Bertz CT molecular complexity index is 247. The molecule has 0 aliphatic carbocycles. The number of nitrogens with two attached hydrogens (primary N) is 2. The third kappa shape index (κ3) is 1.45. The van der Waals surface area contributed by atoms with E-state index in [-0.39, 0.29) is 5.16 Å². The molecular formula is C6H8ClN3. The molecule has 0 atom stereocenters. The molecule has 0 aromatic carbocycles. The molecule has 0 saturated carbocycles. The molecule has 0 bridgehead atoms. The molecule has 1 aromatic heterocycles. The molecule has 1 aromatic rings. The van der Waals surface area contributed by atoms with Gasteiger partial charge in [0.25, 0.3) is 0 Å². The number of nitrogens with one attached hydrogen (secondary N) is 1. The SMILES string of the molecule is N/C(Cl)=C\c1[nH]ccc1N. The van der Waals surface area contributed by atoms with Crippen molar-refractivity contribution in [2.75, 3.05) is 5.73 Å². The van der Waals surface area contributed by atoms with E-state index in [2.05, 4.69) is 4.98 Å². The number of halogens is 1. The van der Waals surface area contributed by atoms with Crippen LogP contribution in [0.25, 0.3) is 6.08 Å². The van der Waals surface area contributed by atoms with Crippen LogP contribution in [0.3, 0.4) is 0 Å². The number of nitrogen functional groups attached to an aromatic ring is 1. The van der Waals surface area contributed by atoms with Gasteiger partial charge in [-0.3, -0.25) is 0 Å². The smallest absolute Gasteiger partial charge is 0.101 e. The number of H-pyrrole nitrogens is 1. The fraction of sp³-hybridized carbons (Fsp3) is 0. The number of rotatable bonds is 1. The first-order valence-electron chi connectivity index (χ1n) is 2.75. The lowest BCUT2D eigenvalue weighted by Crippen LogP contribution is -1.89. The molecule has 4 heteroatoms. The van der Waals surface area contributed by atoms with Gasteiger partial charge in [-0.15, -0.1) is 0 Å². The summed E-state index contributed by atoms with van der Waals surface area (Å²) in [6.45, 7) is 0. The minimum atomic E-state index is 0.217. The monoisotopic (exact) mass is 157 g/mol. The van der Waals surface area contributed by atoms with Crippen LogP contribution in [0.15, 0.2) is 17.4 Å². The molecule has 0 saturated heterocycles. The predicted molar refractivity (Wildman–Crippen MR) is 43.2 cm³/mol. The molecule has 0 amide bonds. The van der Waals surface area contributed by atoms with E-state index in [1.54, 1.807) is 18.3 Å². The fourth-order valence-electron chi connectivity index (χ4n) is 0.657. The summed E-state index contributed by atoms with van der Waals surface area (Å²) in [5.41, 5.74) is 12.1. The van der Waals surface area contributed by atoms with Gasteiger partial charge < -0.3 is 16.5 Å². The van der Waals surface area contributed by atoms with Gasteiger partial charge in [0.2, 0.25) is 0 Å². The number of hydrogen-bond donors (Lipinski definition) is 3. The maximum Gasteiger partial charge on any atom is 0.101 e. The van der Waals surface area contributed by atoms with Crippen molar-refractivity contribution in [3.63, 3.8) is 0 Å². The van der Waals surface area contributed by atoms with Crippen LogP contribution in [0.2, 0.25) is 0 Å². The Labute approximate surface area is 63.7 Å². The normalized spacial score (nSPS) is 11.9. The first-order valence-corrected chi connectivity index (χ1v) is 3.13. The molecule has 0 fully saturated rings. The topological polar surface area (TPSA) is 67.8 Å². The average Bonchev–Trinajstić information content (AvgIpc) is 2.15. The largest absolute Gasteiger partial charge is 0.397 e. The van der Waals surface area contributed by atoms with Crippen LogP contribution in [0.5, 0.6) is 0 Å². The minimum Gasteiger partial charge on any atom is -0.397 e. The maximum absolute atomic E-state index is 5.50. The first-order chi connectivity index (χ1) is 4.70. The van der Waals surface area contributed by atoms with E-state index in [1.807, 2.05) is 0 Å². The number of aromatic amines is 1. The molecule has 10 heavy (non-hydrogen) atoms. The van der Waals surface area contributed by atoms with Crippen LogP contribution in [-0.2, 0) is 0 Å². The summed E-state index contributed by atoms with van der Waals surface area (Å²) in [4.78, 5) is 2.87. The van der Waals surface area contributed by atoms with Gasteiger partial charge in [-0.05, 0) is 12.1 Å². The van der Waals surface area contributed by atoms with E-state index < -0.39 is 0 Å². The van der Waals surface area contributed by atoms with Crippen molar-refractivity contribution in [2.45, 2.75) is 0 Å². The summed E-state index contributed by atoms with van der Waals surface area (Å²) in [6.07, 6.45) is 3.29. The van der Waals surface area contributed by atoms with Crippen molar-refractivity contribution >= 4 is 23.4 Å². The van der Waals surface area contributed by atoms with E-state index in [9.17, 15) is 0 Å². The van der Waals surface area contributed by atoms with Crippen LogP contribution in [0.4, 0.5) is 5.69 Å². The molecule has 1 heterocycles. The van der Waals surface area contributed by atoms with E-state index >= 15 is 0 Å². The fourth-order valence-corrected chi connectivity index (χ4v) is 0.766. The molecule has 0 unspecified atom stereocenters. The first kappa shape index (κ1) is 7.02. The highest BCUT2D eigenvalue weighted by Crippen LogP contribution is 2.11. The van der Waals surface area contributed by atoms with Crippen LogP contribution in [0, 0.1) is 0 Å². The molecule has 0 aliphatic rings. The second-order valence-electron chi connectivity index (χ2n) is 1.88. The number of anilines is 1. The lowest BCUT2D eigenvalue weighted by molar-refractivity contribution is 1.37. The molecule has 0 spiro atoms. The van der Waals surface area contributed by atoms with Gasteiger partial charge in [0.1, 0.15) is 5.16 Å². The summed E-state index contributed by atoms with van der Waals surface area (Å²) < 4.78 is 0. The zero-order chi connectivity index (χ0) is 7.56. The summed E-state index contributed by atoms with van der Waals surface area (Å²) >= 11 is 5.40. The van der Waals surface area contributed by atoms with Crippen molar-refractivity contribution in [3.05, 3.63) is 23.1 Å². The summed E-state index contributed by atoms with van der Waals surface area (Å²) in [5.74, 6) is 0. The van der Waals surface area contributed by atoms with E-state index in [0.29, 0.717) is 5.69 Å². The molecule has 1 rings (SSSR count). The minimum absolute atomic E-state index is 0.217. The second kappa shape index (κ2) is 2.66. The van der Waals surface area contributed by atoms with E-state index in [1.165, 1.54) is 0 Å². The van der Waals surface area contributed by atoms with Gasteiger partial charge in [0, 0.05) is 6.20 Å². The summed E-state index contributed by atoms with van der Waals surface area (Å²) in [6, 6.07) is 1.74. The molecular weight excluding hydrogens is 150 g/mol. The summed E-state index contributed by atoms with van der Waals surface area (Å²) in [5, 5.41) is 0.217. The standard InChI is InChI=1S/C6H8ClN3/c7-6(9)3-5-4(8)1-2-10-5/h1-3,10H,8-9H2/b6-3-. The van der Waals surface area contributed by atoms with E-state index in [0.717, 1.165) is 5.69 Å². The predicted octanol–water partition coefficient (Wildman–Crippen LogP) is 1.09. The van der Waals surface area contributed by atoms with Gasteiger partial charge in [-0.25, -0.2) is 0 Å². The van der Waals surface area contributed by atoms with Crippen LogP contribution in [0.1, 0.15) is 5.69 Å².